The standard InChI is InChI=1S/C13H19NOS/c1-13(9-15-10-13)8-14-7-11-3-5-12(16-2)6-4-11/h3-6,14H,7-10H2,1-2H3. The maximum atomic E-state index is 5.23. The van der Waals surface area contributed by atoms with Crippen molar-refractivity contribution in [3.05, 3.63) is 29.8 Å². The smallest absolute Gasteiger partial charge is 0.0554 e. The molecule has 1 aliphatic heterocycles. The summed E-state index contributed by atoms with van der Waals surface area (Å²) in [5.41, 5.74) is 1.71. The van der Waals surface area contributed by atoms with E-state index in [0.29, 0.717) is 5.41 Å². The Balaban J connectivity index is 1.76. The molecule has 16 heavy (non-hydrogen) atoms. The van der Waals surface area contributed by atoms with Gasteiger partial charge in [0.2, 0.25) is 0 Å². The minimum absolute atomic E-state index is 0.360. The molecular weight excluding hydrogens is 218 g/mol. The molecule has 3 heteroatoms. The molecule has 2 rings (SSSR count). The minimum atomic E-state index is 0.360. The van der Waals surface area contributed by atoms with Crippen LogP contribution in [-0.2, 0) is 11.3 Å². The molecule has 0 radical (unpaired) electrons. The van der Waals surface area contributed by atoms with Crippen LogP contribution in [0.25, 0.3) is 0 Å². The van der Waals surface area contributed by atoms with E-state index in [1.807, 2.05) is 0 Å². The van der Waals surface area contributed by atoms with Crippen LogP contribution in [0.2, 0.25) is 0 Å². The lowest BCUT2D eigenvalue weighted by molar-refractivity contribution is -0.0991. The Hall–Kier alpha value is -0.510. The molecule has 1 fully saturated rings. The molecular formula is C13H19NOS. The Morgan fingerprint density at radius 3 is 2.50 bits per heavy atom. The van der Waals surface area contributed by atoms with Crippen LogP contribution in [0.15, 0.2) is 29.2 Å². The van der Waals surface area contributed by atoms with Crippen molar-refractivity contribution in [1.82, 2.24) is 5.32 Å². The SMILES string of the molecule is CSc1ccc(CNCC2(C)COC2)cc1. The molecule has 0 spiro atoms. The quantitative estimate of drug-likeness (QED) is 0.795. The highest BCUT2D eigenvalue weighted by molar-refractivity contribution is 7.98. The predicted molar refractivity (Wildman–Crippen MR) is 68.9 cm³/mol. The lowest BCUT2D eigenvalue weighted by Gasteiger charge is -2.38. The van der Waals surface area contributed by atoms with Crippen LogP contribution < -0.4 is 5.32 Å². The molecule has 0 atom stereocenters. The van der Waals surface area contributed by atoms with Crippen molar-refractivity contribution in [2.45, 2.75) is 18.4 Å². The summed E-state index contributed by atoms with van der Waals surface area (Å²) in [6, 6.07) is 8.74. The zero-order valence-electron chi connectivity index (χ0n) is 9.95. The van der Waals surface area contributed by atoms with Gasteiger partial charge in [-0.2, -0.15) is 0 Å². The molecule has 1 aromatic rings. The topological polar surface area (TPSA) is 21.3 Å². The number of nitrogens with one attached hydrogen (secondary N) is 1. The molecule has 1 aliphatic rings. The lowest BCUT2D eigenvalue weighted by atomic mass is 9.89. The van der Waals surface area contributed by atoms with Crippen LogP contribution in [-0.4, -0.2) is 26.0 Å². The first kappa shape index (κ1) is 12.0. The first-order valence-electron chi connectivity index (χ1n) is 5.63. The Kier molecular flexibility index (Phi) is 3.90. The van der Waals surface area contributed by atoms with Crippen molar-refractivity contribution in [2.75, 3.05) is 26.0 Å². The predicted octanol–water partition coefficient (Wildman–Crippen LogP) is 2.53. The van der Waals surface area contributed by atoms with E-state index >= 15 is 0 Å². The van der Waals surface area contributed by atoms with Crippen LogP contribution in [0.4, 0.5) is 0 Å². The highest BCUT2D eigenvalue weighted by atomic mass is 32.2. The average molecular weight is 237 g/mol. The van der Waals surface area contributed by atoms with Gasteiger partial charge in [-0.25, -0.2) is 0 Å². The average Bonchev–Trinajstić information content (AvgIpc) is 2.28. The van der Waals surface area contributed by atoms with E-state index in [2.05, 4.69) is 42.8 Å². The highest BCUT2D eigenvalue weighted by Crippen LogP contribution is 2.25. The number of hydrogen-bond donors (Lipinski definition) is 1. The molecule has 1 N–H and O–H groups in total. The summed E-state index contributed by atoms with van der Waals surface area (Å²) in [6.07, 6.45) is 2.10. The zero-order valence-corrected chi connectivity index (χ0v) is 10.8. The molecule has 0 saturated carbocycles. The van der Waals surface area contributed by atoms with Crippen LogP contribution >= 0.6 is 11.8 Å². The van der Waals surface area contributed by atoms with Crippen LogP contribution in [0.1, 0.15) is 12.5 Å². The van der Waals surface area contributed by atoms with Crippen LogP contribution in [0, 0.1) is 5.41 Å². The van der Waals surface area contributed by atoms with Gasteiger partial charge in [-0.15, -0.1) is 11.8 Å². The largest absolute Gasteiger partial charge is 0.380 e. The van der Waals surface area contributed by atoms with Crippen molar-refractivity contribution in [1.29, 1.82) is 0 Å². The Labute approximate surface area is 102 Å². The number of rotatable bonds is 5. The van der Waals surface area contributed by atoms with Crippen LogP contribution in [0.5, 0.6) is 0 Å². The fourth-order valence-electron chi connectivity index (χ4n) is 1.80. The van der Waals surface area contributed by atoms with E-state index in [0.717, 1.165) is 26.3 Å². The minimum Gasteiger partial charge on any atom is -0.380 e. The van der Waals surface area contributed by atoms with E-state index in [-0.39, 0.29) is 0 Å². The van der Waals surface area contributed by atoms with Gasteiger partial charge in [0.15, 0.2) is 0 Å². The van der Waals surface area contributed by atoms with E-state index in [4.69, 9.17) is 4.74 Å². The summed E-state index contributed by atoms with van der Waals surface area (Å²) in [5.74, 6) is 0. The molecule has 0 unspecified atom stereocenters. The Morgan fingerprint density at radius 2 is 2.00 bits per heavy atom. The summed E-state index contributed by atoms with van der Waals surface area (Å²) in [6.45, 7) is 6.04. The monoisotopic (exact) mass is 237 g/mol. The zero-order chi connectivity index (χ0) is 11.4. The number of benzene rings is 1. The first-order chi connectivity index (χ1) is 7.72. The van der Waals surface area contributed by atoms with Gasteiger partial charge in [-0.1, -0.05) is 19.1 Å². The Bertz CT molecular complexity index is 332. The van der Waals surface area contributed by atoms with Gasteiger partial charge in [-0.3, -0.25) is 0 Å². The Morgan fingerprint density at radius 1 is 1.31 bits per heavy atom. The summed E-state index contributed by atoms with van der Waals surface area (Å²) < 4.78 is 5.23. The maximum Gasteiger partial charge on any atom is 0.0554 e. The maximum absolute atomic E-state index is 5.23. The number of thioether (sulfide) groups is 1. The molecule has 0 amide bonds. The fraction of sp³-hybridized carbons (Fsp3) is 0.538. The third kappa shape index (κ3) is 3.00. The van der Waals surface area contributed by atoms with Gasteiger partial charge in [-0.05, 0) is 24.0 Å². The molecule has 88 valence electrons. The number of hydrogen-bond acceptors (Lipinski definition) is 3. The fourth-order valence-corrected chi connectivity index (χ4v) is 2.21. The molecule has 1 saturated heterocycles. The van der Waals surface area contributed by atoms with Crippen molar-refractivity contribution in [3.8, 4) is 0 Å². The molecule has 0 aliphatic carbocycles. The van der Waals surface area contributed by atoms with Crippen molar-refractivity contribution in [2.24, 2.45) is 5.41 Å². The molecule has 0 bridgehead atoms. The highest BCUT2D eigenvalue weighted by Gasteiger charge is 2.32. The van der Waals surface area contributed by atoms with E-state index in [1.165, 1.54) is 10.5 Å². The lowest BCUT2D eigenvalue weighted by Crippen LogP contribution is -2.47. The molecule has 1 aromatic carbocycles. The van der Waals surface area contributed by atoms with E-state index in [9.17, 15) is 0 Å². The van der Waals surface area contributed by atoms with Gasteiger partial charge >= 0.3 is 0 Å². The van der Waals surface area contributed by atoms with Crippen molar-refractivity contribution < 1.29 is 4.74 Å². The van der Waals surface area contributed by atoms with Crippen molar-refractivity contribution in [3.63, 3.8) is 0 Å². The second-order valence-corrected chi connectivity index (χ2v) is 5.63. The van der Waals surface area contributed by atoms with Gasteiger partial charge in [0, 0.05) is 23.4 Å². The summed E-state index contributed by atoms with van der Waals surface area (Å²) in [5, 5.41) is 3.49. The second-order valence-electron chi connectivity index (χ2n) is 4.76. The molecule has 0 aromatic heterocycles. The van der Waals surface area contributed by atoms with Gasteiger partial charge < -0.3 is 10.1 Å². The van der Waals surface area contributed by atoms with Gasteiger partial charge in [0.1, 0.15) is 0 Å². The van der Waals surface area contributed by atoms with Gasteiger partial charge in [0.05, 0.1) is 13.2 Å². The first-order valence-corrected chi connectivity index (χ1v) is 6.86. The second kappa shape index (κ2) is 5.21. The van der Waals surface area contributed by atoms with E-state index < -0.39 is 0 Å². The molecule has 2 nitrogen and oxygen atoms in total. The third-order valence-corrected chi connectivity index (χ3v) is 3.68. The summed E-state index contributed by atoms with van der Waals surface area (Å²) in [7, 11) is 0. The normalized spacial score (nSPS) is 18.1. The molecule has 1 heterocycles. The summed E-state index contributed by atoms with van der Waals surface area (Å²) in [4.78, 5) is 1.32. The third-order valence-electron chi connectivity index (χ3n) is 2.94. The summed E-state index contributed by atoms with van der Waals surface area (Å²) >= 11 is 1.78. The van der Waals surface area contributed by atoms with Crippen LogP contribution in [0.3, 0.4) is 0 Å². The van der Waals surface area contributed by atoms with Crippen molar-refractivity contribution >= 4 is 11.8 Å². The van der Waals surface area contributed by atoms with Gasteiger partial charge in [0.25, 0.3) is 0 Å². The number of ether oxygens (including phenoxy) is 1. The van der Waals surface area contributed by atoms with E-state index in [1.54, 1.807) is 11.8 Å².